The lowest BCUT2D eigenvalue weighted by atomic mass is 10.0. The molecule has 0 bridgehead atoms. The van der Waals surface area contributed by atoms with E-state index in [1.54, 1.807) is 0 Å². The summed E-state index contributed by atoms with van der Waals surface area (Å²) in [6.07, 6.45) is 11.1. The van der Waals surface area contributed by atoms with Crippen LogP contribution >= 0.6 is 0 Å². The molecule has 0 rings (SSSR count). The van der Waals surface area contributed by atoms with Crippen LogP contribution in [0.3, 0.4) is 0 Å². The first-order valence-corrected chi connectivity index (χ1v) is 9.30. The molecule has 0 saturated carbocycles. The van der Waals surface area contributed by atoms with Crippen LogP contribution in [0.15, 0.2) is 0 Å². The van der Waals surface area contributed by atoms with Crippen molar-refractivity contribution in [3.63, 3.8) is 0 Å². The van der Waals surface area contributed by atoms with Gasteiger partial charge in [0.25, 0.3) is 0 Å². The van der Waals surface area contributed by atoms with Crippen molar-refractivity contribution in [3.8, 4) is 0 Å². The molecule has 142 valence electrons. The minimum atomic E-state index is -1.16. The summed E-state index contributed by atoms with van der Waals surface area (Å²) in [5.74, 6) is -2.30. The number of carboxylic acid groups (broad SMARTS) is 2. The van der Waals surface area contributed by atoms with E-state index < -0.39 is 24.4 Å². The maximum Gasteiger partial charge on any atom is 0.321 e. The van der Waals surface area contributed by atoms with Crippen LogP contribution in [0.25, 0.3) is 0 Å². The van der Waals surface area contributed by atoms with Gasteiger partial charge in [-0.2, -0.15) is 0 Å². The Morgan fingerprint density at radius 3 is 2.00 bits per heavy atom. The monoisotopic (exact) mass is 345 g/mol. The van der Waals surface area contributed by atoms with Crippen molar-refractivity contribution >= 4 is 11.9 Å². The van der Waals surface area contributed by atoms with E-state index in [2.05, 4.69) is 19.2 Å². The molecule has 0 aromatic heterocycles. The third kappa shape index (κ3) is 13.3. The van der Waals surface area contributed by atoms with E-state index in [-0.39, 0.29) is 12.8 Å². The van der Waals surface area contributed by atoms with Gasteiger partial charge < -0.3 is 14.9 Å². The lowest BCUT2D eigenvalue weighted by Crippen LogP contribution is -2.40. The van der Waals surface area contributed by atoms with Gasteiger partial charge in [0.1, 0.15) is 6.04 Å². The first kappa shape index (κ1) is 22.9. The summed E-state index contributed by atoms with van der Waals surface area (Å²) in [7, 11) is 0. The summed E-state index contributed by atoms with van der Waals surface area (Å²) in [6, 6.07) is -1.11. The van der Waals surface area contributed by atoms with Gasteiger partial charge in [0, 0.05) is 0 Å². The summed E-state index contributed by atoms with van der Waals surface area (Å²) in [4.78, 5) is 21.7. The smallest absolute Gasteiger partial charge is 0.321 e. The molecule has 0 radical (unpaired) electrons. The Hall–Kier alpha value is -1.14. The van der Waals surface area contributed by atoms with Crippen molar-refractivity contribution in [3.05, 3.63) is 0 Å². The molecule has 0 fully saturated rings. The zero-order valence-electron chi connectivity index (χ0n) is 15.3. The molecule has 0 aliphatic heterocycles. The SMILES string of the molecule is CCCCCCCC(CCCCC)OCNC(CC(=O)O)C(=O)O. The minimum absolute atomic E-state index is 0.0794. The number of nitrogens with one attached hydrogen (secondary N) is 1. The van der Waals surface area contributed by atoms with Gasteiger partial charge in [-0.05, 0) is 12.8 Å². The molecule has 0 amide bonds. The first-order valence-electron chi connectivity index (χ1n) is 9.30. The average Bonchev–Trinajstić information content (AvgIpc) is 2.52. The van der Waals surface area contributed by atoms with Gasteiger partial charge in [-0.25, -0.2) is 0 Å². The molecule has 0 aromatic carbocycles. The molecule has 0 saturated heterocycles. The second-order valence-electron chi connectivity index (χ2n) is 6.32. The molecule has 6 heteroatoms. The van der Waals surface area contributed by atoms with E-state index in [1.807, 2.05) is 0 Å². The Bertz CT molecular complexity index is 335. The fourth-order valence-corrected chi connectivity index (χ4v) is 2.60. The summed E-state index contributed by atoms with van der Waals surface area (Å²) >= 11 is 0. The molecule has 0 aromatic rings. The lowest BCUT2D eigenvalue weighted by Gasteiger charge is -2.20. The van der Waals surface area contributed by atoms with Crippen molar-refractivity contribution in [1.29, 1.82) is 0 Å². The second kappa shape index (κ2) is 15.4. The Morgan fingerprint density at radius 1 is 0.917 bits per heavy atom. The minimum Gasteiger partial charge on any atom is -0.481 e. The number of aliphatic carboxylic acids is 2. The molecule has 0 heterocycles. The second-order valence-corrected chi connectivity index (χ2v) is 6.32. The maximum atomic E-state index is 11.0. The van der Waals surface area contributed by atoms with Crippen LogP contribution < -0.4 is 5.32 Å². The van der Waals surface area contributed by atoms with Gasteiger partial charge in [-0.1, -0.05) is 65.2 Å². The normalized spacial score (nSPS) is 13.6. The number of hydrogen-bond acceptors (Lipinski definition) is 4. The maximum absolute atomic E-state index is 11.0. The molecule has 0 aliphatic carbocycles. The summed E-state index contributed by atoms with van der Waals surface area (Å²) in [5.41, 5.74) is 0. The van der Waals surface area contributed by atoms with Gasteiger partial charge in [0.15, 0.2) is 0 Å². The number of rotatable bonds is 17. The Balaban J connectivity index is 4.16. The average molecular weight is 345 g/mol. The van der Waals surface area contributed by atoms with Crippen LogP contribution in [0.1, 0.15) is 84.5 Å². The van der Waals surface area contributed by atoms with Crippen molar-refractivity contribution in [2.75, 3.05) is 6.73 Å². The van der Waals surface area contributed by atoms with Crippen LogP contribution in [0.5, 0.6) is 0 Å². The largest absolute Gasteiger partial charge is 0.481 e. The quantitative estimate of drug-likeness (QED) is 0.274. The molecule has 0 aliphatic rings. The van der Waals surface area contributed by atoms with Crippen molar-refractivity contribution < 1.29 is 24.5 Å². The number of carboxylic acids is 2. The predicted molar refractivity (Wildman–Crippen MR) is 94.1 cm³/mol. The van der Waals surface area contributed by atoms with Gasteiger partial charge >= 0.3 is 11.9 Å². The highest BCUT2D eigenvalue weighted by atomic mass is 16.5. The summed E-state index contributed by atoms with van der Waals surface area (Å²) in [6.45, 7) is 4.43. The summed E-state index contributed by atoms with van der Waals surface area (Å²) in [5, 5.41) is 20.4. The Labute approximate surface area is 146 Å². The molecular weight excluding hydrogens is 310 g/mol. The predicted octanol–water partition coefficient (Wildman–Crippen LogP) is 3.79. The molecule has 0 spiro atoms. The molecule has 2 unspecified atom stereocenters. The van der Waals surface area contributed by atoms with Crippen LogP contribution in [-0.2, 0) is 14.3 Å². The van der Waals surface area contributed by atoms with Crippen molar-refractivity contribution in [2.45, 2.75) is 96.6 Å². The van der Waals surface area contributed by atoms with E-state index in [4.69, 9.17) is 14.9 Å². The van der Waals surface area contributed by atoms with E-state index in [0.29, 0.717) is 0 Å². The highest BCUT2D eigenvalue weighted by molar-refractivity contribution is 5.80. The standard InChI is InChI=1S/C18H35NO5/c1-3-5-7-8-10-12-15(11-9-6-4-2)24-14-19-16(18(22)23)13-17(20)21/h15-16,19H,3-14H2,1-2H3,(H,20,21)(H,22,23). The third-order valence-corrected chi connectivity index (χ3v) is 4.08. The number of unbranched alkanes of at least 4 members (excludes halogenated alkanes) is 6. The zero-order valence-corrected chi connectivity index (χ0v) is 15.3. The molecule has 3 N–H and O–H groups in total. The fourth-order valence-electron chi connectivity index (χ4n) is 2.60. The molecule has 2 atom stereocenters. The highest BCUT2D eigenvalue weighted by Gasteiger charge is 2.20. The highest BCUT2D eigenvalue weighted by Crippen LogP contribution is 2.15. The zero-order chi connectivity index (χ0) is 18.2. The van der Waals surface area contributed by atoms with E-state index in [1.165, 1.54) is 32.1 Å². The Kier molecular flexibility index (Phi) is 14.7. The van der Waals surface area contributed by atoms with Crippen LogP contribution in [-0.4, -0.2) is 41.0 Å². The van der Waals surface area contributed by atoms with Gasteiger partial charge in [0.2, 0.25) is 0 Å². The van der Waals surface area contributed by atoms with Crippen LogP contribution in [0.4, 0.5) is 0 Å². The van der Waals surface area contributed by atoms with Gasteiger partial charge in [-0.15, -0.1) is 0 Å². The lowest BCUT2D eigenvalue weighted by molar-refractivity contribution is -0.146. The number of carbonyl (C=O) groups is 2. The Morgan fingerprint density at radius 2 is 1.46 bits per heavy atom. The fraction of sp³-hybridized carbons (Fsp3) is 0.889. The number of ether oxygens (including phenoxy) is 1. The van der Waals surface area contributed by atoms with Crippen molar-refractivity contribution in [2.24, 2.45) is 0 Å². The summed E-state index contributed by atoms with van der Waals surface area (Å²) < 4.78 is 5.79. The van der Waals surface area contributed by atoms with Crippen LogP contribution in [0, 0.1) is 0 Å². The first-order chi connectivity index (χ1) is 11.5. The molecule has 6 nitrogen and oxygen atoms in total. The van der Waals surface area contributed by atoms with Crippen LogP contribution in [0.2, 0.25) is 0 Å². The van der Waals surface area contributed by atoms with E-state index >= 15 is 0 Å². The van der Waals surface area contributed by atoms with Gasteiger partial charge in [-0.3, -0.25) is 14.9 Å². The molecule has 24 heavy (non-hydrogen) atoms. The topological polar surface area (TPSA) is 95.9 Å². The van der Waals surface area contributed by atoms with Gasteiger partial charge in [0.05, 0.1) is 19.3 Å². The molecular formula is C18H35NO5. The van der Waals surface area contributed by atoms with Crippen molar-refractivity contribution in [1.82, 2.24) is 5.32 Å². The van der Waals surface area contributed by atoms with E-state index in [0.717, 1.165) is 32.1 Å². The number of hydrogen-bond donors (Lipinski definition) is 3. The van der Waals surface area contributed by atoms with E-state index in [9.17, 15) is 9.59 Å². The third-order valence-electron chi connectivity index (χ3n) is 4.08.